The topological polar surface area (TPSA) is 51.0 Å². The molecule has 0 aliphatic rings. The Bertz CT molecular complexity index is 242. The molecular formula is C8H12N2O. The Morgan fingerprint density at radius 2 is 2.55 bits per heavy atom. The first-order valence-corrected chi connectivity index (χ1v) is 3.38. The smallest absolute Gasteiger partial charge is 0.136 e. The molecule has 11 heavy (non-hydrogen) atoms. The minimum Gasteiger partial charge on any atom is -0.495 e. The second-order valence-corrected chi connectivity index (χ2v) is 2.26. The van der Waals surface area contributed by atoms with E-state index in [1.165, 1.54) is 0 Å². The van der Waals surface area contributed by atoms with Gasteiger partial charge in [0, 0.05) is 18.0 Å². The van der Waals surface area contributed by atoms with Gasteiger partial charge in [-0.25, -0.2) is 0 Å². The van der Waals surface area contributed by atoms with Crippen LogP contribution in [0.4, 0.5) is 0 Å². The quantitative estimate of drug-likeness (QED) is 0.639. The first kappa shape index (κ1) is 7.88. The van der Waals surface area contributed by atoms with E-state index in [1.807, 2.05) is 6.07 Å². The van der Waals surface area contributed by atoms with Crippen LogP contribution in [0.3, 0.4) is 0 Å². The number of aromatic amines is 1. The zero-order chi connectivity index (χ0) is 8.27. The van der Waals surface area contributed by atoms with E-state index in [0.717, 1.165) is 11.4 Å². The fraction of sp³-hybridized carbons (Fsp3) is 0.250. The molecule has 0 aromatic carbocycles. The summed E-state index contributed by atoms with van der Waals surface area (Å²) in [5, 5.41) is 0. The summed E-state index contributed by atoms with van der Waals surface area (Å²) in [4.78, 5) is 2.99. The van der Waals surface area contributed by atoms with Gasteiger partial charge in [-0.1, -0.05) is 6.08 Å². The molecule has 1 aromatic rings. The summed E-state index contributed by atoms with van der Waals surface area (Å²) in [6, 6.07) is 1.71. The largest absolute Gasteiger partial charge is 0.495 e. The Labute approximate surface area is 65.9 Å². The summed E-state index contributed by atoms with van der Waals surface area (Å²) in [5.74, 6) is 0.789. The van der Waals surface area contributed by atoms with E-state index in [1.54, 1.807) is 19.4 Å². The average molecular weight is 152 g/mol. The number of rotatable bonds is 3. The van der Waals surface area contributed by atoms with E-state index in [4.69, 9.17) is 10.5 Å². The van der Waals surface area contributed by atoms with Crippen LogP contribution in [0.15, 0.2) is 24.9 Å². The molecule has 0 aliphatic carbocycles. The van der Waals surface area contributed by atoms with Gasteiger partial charge in [-0.15, -0.1) is 6.58 Å². The molecule has 0 unspecified atom stereocenters. The highest BCUT2D eigenvalue weighted by Gasteiger charge is 2.03. The maximum absolute atomic E-state index is 5.66. The molecular weight excluding hydrogens is 140 g/mol. The second-order valence-electron chi connectivity index (χ2n) is 2.26. The van der Waals surface area contributed by atoms with Gasteiger partial charge in [0.05, 0.1) is 13.2 Å². The third-order valence-corrected chi connectivity index (χ3v) is 1.53. The molecule has 0 saturated heterocycles. The van der Waals surface area contributed by atoms with Crippen molar-refractivity contribution in [1.29, 1.82) is 0 Å². The van der Waals surface area contributed by atoms with Crippen molar-refractivity contribution >= 4 is 0 Å². The van der Waals surface area contributed by atoms with Crippen molar-refractivity contribution in [2.45, 2.75) is 6.04 Å². The van der Waals surface area contributed by atoms with Crippen LogP contribution in [0.2, 0.25) is 0 Å². The normalized spacial score (nSPS) is 12.5. The Hall–Kier alpha value is -1.22. The summed E-state index contributed by atoms with van der Waals surface area (Å²) in [6.07, 6.45) is 3.43. The highest BCUT2D eigenvalue weighted by Crippen LogP contribution is 2.16. The van der Waals surface area contributed by atoms with Crippen LogP contribution < -0.4 is 10.5 Å². The molecule has 3 N–H and O–H groups in total. The van der Waals surface area contributed by atoms with Crippen LogP contribution in [0, 0.1) is 0 Å². The predicted octanol–water partition coefficient (Wildman–Crippen LogP) is 1.21. The van der Waals surface area contributed by atoms with Crippen molar-refractivity contribution in [3.8, 4) is 5.75 Å². The number of ether oxygens (including phenoxy) is 1. The Balaban J connectivity index is 2.79. The van der Waals surface area contributed by atoms with Gasteiger partial charge in [-0.2, -0.15) is 0 Å². The van der Waals surface area contributed by atoms with Gasteiger partial charge in [-0.3, -0.25) is 0 Å². The van der Waals surface area contributed by atoms with Gasteiger partial charge >= 0.3 is 0 Å². The van der Waals surface area contributed by atoms with Gasteiger partial charge in [0.25, 0.3) is 0 Å². The monoisotopic (exact) mass is 152 g/mol. The van der Waals surface area contributed by atoms with E-state index in [0.29, 0.717) is 0 Å². The van der Waals surface area contributed by atoms with E-state index < -0.39 is 0 Å². The molecule has 0 fully saturated rings. The van der Waals surface area contributed by atoms with Crippen molar-refractivity contribution in [2.24, 2.45) is 5.73 Å². The lowest BCUT2D eigenvalue weighted by Gasteiger charge is -2.00. The molecule has 1 rings (SSSR count). The standard InChI is InChI=1S/C8H12N2O/c1-3-7(9)8-4-6(11-2)5-10-8/h3-5,7,10H,1,9H2,2H3/t7-/m0/s1. The van der Waals surface area contributed by atoms with Crippen molar-refractivity contribution in [2.75, 3.05) is 7.11 Å². The van der Waals surface area contributed by atoms with Crippen molar-refractivity contribution in [1.82, 2.24) is 4.98 Å². The first-order valence-electron chi connectivity index (χ1n) is 3.38. The van der Waals surface area contributed by atoms with Crippen LogP contribution in [0.25, 0.3) is 0 Å². The van der Waals surface area contributed by atoms with E-state index >= 15 is 0 Å². The van der Waals surface area contributed by atoms with Gasteiger partial charge in [0.2, 0.25) is 0 Å². The molecule has 0 aliphatic heterocycles. The highest BCUT2D eigenvalue weighted by molar-refractivity contribution is 5.26. The molecule has 0 bridgehead atoms. The number of hydrogen-bond donors (Lipinski definition) is 2. The van der Waals surface area contributed by atoms with E-state index in [2.05, 4.69) is 11.6 Å². The van der Waals surface area contributed by atoms with Crippen LogP contribution >= 0.6 is 0 Å². The van der Waals surface area contributed by atoms with E-state index in [-0.39, 0.29) is 6.04 Å². The summed E-state index contributed by atoms with van der Waals surface area (Å²) >= 11 is 0. The summed E-state index contributed by atoms with van der Waals surface area (Å²) < 4.78 is 4.97. The van der Waals surface area contributed by atoms with Crippen molar-refractivity contribution < 1.29 is 4.74 Å². The maximum atomic E-state index is 5.66. The van der Waals surface area contributed by atoms with Crippen LogP contribution in [-0.4, -0.2) is 12.1 Å². The molecule has 60 valence electrons. The average Bonchev–Trinajstić information content (AvgIpc) is 2.50. The lowest BCUT2D eigenvalue weighted by molar-refractivity contribution is 0.415. The summed E-state index contributed by atoms with van der Waals surface area (Å²) in [6.45, 7) is 3.59. The molecule has 0 amide bonds. The number of H-pyrrole nitrogens is 1. The fourth-order valence-corrected chi connectivity index (χ4v) is 0.828. The Morgan fingerprint density at radius 1 is 1.82 bits per heavy atom. The van der Waals surface area contributed by atoms with Crippen LogP contribution in [0.1, 0.15) is 11.7 Å². The molecule has 3 nitrogen and oxygen atoms in total. The van der Waals surface area contributed by atoms with Crippen molar-refractivity contribution in [3.63, 3.8) is 0 Å². The molecule has 1 atom stereocenters. The minimum absolute atomic E-state index is 0.140. The number of nitrogens with one attached hydrogen (secondary N) is 1. The number of aromatic nitrogens is 1. The third kappa shape index (κ3) is 1.62. The van der Waals surface area contributed by atoms with Crippen LogP contribution in [0.5, 0.6) is 5.75 Å². The SMILES string of the molecule is C=C[C@H](N)c1cc(OC)c[nH]1. The van der Waals surface area contributed by atoms with Gasteiger partial charge in [0.1, 0.15) is 5.75 Å². The highest BCUT2D eigenvalue weighted by atomic mass is 16.5. The predicted molar refractivity (Wildman–Crippen MR) is 44.5 cm³/mol. The first-order chi connectivity index (χ1) is 5.27. The number of methoxy groups -OCH3 is 1. The zero-order valence-electron chi connectivity index (χ0n) is 6.50. The molecule has 3 heteroatoms. The zero-order valence-corrected chi connectivity index (χ0v) is 6.50. The van der Waals surface area contributed by atoms with Crippen molar-refractivity contribution in [3.05, 3.63) is 30.6 Å². The minimum atomic E-state index is -0.140. The lowest BCUT2D eigenvalue weighted by atomic mass is 10.2. The summed E-state index contributed by atoms with van der Waals surface area (Å²) in [5.41, 5.74) is 6.57. The number of hydrogen-bond acceptors (Lipinski definition) is 2. The maximum Gasteiger partial charge on any atom is 0.136 e. The number of nitrogens with two attached hydrogens (primary N) is 1. The second kappa shape index (κ2) is 3.25. The molecule has 1 heterocycles. The third-order valence-electron chi connectivity index (χ3n) is 1.53. The summed E-state index contributed by atoms with van der Waals surface area (Å²) in [7, 11) is 1.62. The van der Waals surface area contributed by atoms with Gasteiger partial charge in [-0.05, 0) is 0 Å². The molecule has 0 spiro atoms. The molecule has 0 radical (unpaired) electrons. The Morgan fingerprint density at radius 3 is 3.00 bits per heavy atom. The fourth-order valence-electron chi connectivity index (χ4n) is 0.828. The van der Waals surface area contributed by atoms with Gasteiger partial charge < -0.3 is 15.5 Å². The van der Waals surface area contributed by atoms with Crippen LogP contribution in [-0.2, 0) is 0 Å². The molecule has 0 saturated carbocycles. The van der Waals surface area contributed by atoms with Gasteiger partial charge in [0.15, 0.2) is 0 Å². The lowest BCUT2D eigenvalue weighted by Crippen LogP contribution is -2.06. The molecule has 1 aromatic heterocycles. The Kier molecular flexibility index (Phi) is 2.33. The van der Waals surface area contributed by atoms with E-state index in [9.17, 15) is 0 Å².